The van der Waals surface area contributed by atoms with Crippen LogP contribution < -0.4 is 5.32 Å². The molecule has 2 aromatic carbocycles. The Kier molecular flexibility index (Phi) is 5.96. The summed E-state index contributed by atoms with van der Waals surface area (Å²) in [5, 5.41) is 3.35. The number of rotatable bonds is 6. The van der Waals surface area contributed by atoms with Gasteiger partial charge in [-0.1, -0.05) is 18.2 Å². The van der Waals surface area contributed by atoms with Crippen LogP contribution in [0, 0.1) is 25.5 Å². The first-order chi connectivity index (χ1) is 13.8. The third-order valence-electron chi connectivity index (χ3n) is 4.85. The standard InChI is InChI=1S/C22H21F2NO4/c1-12-4-6-18-15(10-29-22(18)13(12)2)8-21(27)28-11-20(26)25-14(3)17-7-5-16(23)9-19(17)24/h4-7,9-10,14H,8,11H2,1-3H3,(H,25,26)/t14-/m0/s1. The van der Waals surface area contributed by atoms with Crippen molar-refractivity contribution in [3.63, 3.8) is 0 Å². The van der Waals surface area contributed by atoms with Crippen LogP contribution in [0.3, 0.4) is 0 Å². The second-order valence-electron chi connectivity index (χ2n) is 6.94. The largest absolute Gasteiger partial charge is 0.464 e. The smallest absolute Gasteiger partial charge is 0.310 e. The van der Waals surface area contributed by atoms with Gasteiger partial charge in [-0.05, 0) is 38.0 Å². The molecule has 0 aliphatic rings. The molecule has 1 atom stereocenters. The number of halogens is 2. The van der Waals surface area contributed by atoms with E-state index in [1.807, 2.05) is 26.0 Å². The molecule has 1 aromatic heterocycles. The van der Waals surface area contributed by atoms with E-state index in [1.54, 1.807) is 6.92 Å². The zero-order valence-electron chi connectivity index (χ0n) is 16.3. The summed E-state index contributed by atoms with van der Waals surface area (Å²) < 4.78 is 37.3. The number of carbonyl (C=O) groups is 2. The lowest BCUT2D eigenvalue weighted by Crippen LogP contribution is -2.31. The lowest BCUT2D eigenvalue weighted by molar-refractivity contribution is -0.148. The Morgan fingerprint density at radius 2 is 1.93 bits per heavy atom. The van der Waals surface area contributed by atoms with Crippen molar-refractivity contribution in [2.24, 2.45) is 0 Å². The first kappa shape index (κ1) is 20.5. The molecule has 3 rings (SSSR count). The summed E-state index contributed by atoms with van der Waals surface area (Å²) in [7, 11) is 0. The van der Waals surface area contributed by atoms with Gasteiger partial charge in [-0.2, -0.15) is 0 Å². The lowest BCUT2D eigenvalue weighted by Gasteiger charge is -2.15. The summed E-state index contributed by atoms with van der Waals surface area (Å²) >= 11 is 0. The van der Waals surface area contributed by atoms with Crippen molar-refractivity contribution in [3.8, 4) is 0 Å². The van der Waals surface area contributed by atoms with Gasteiger partial charge in [0, 0.05) is 22.6 Å². The van der Waals surface area contributed by atoms with Gasteiger partial charge in [0.1, 0.15) is 17.2 Å². The minimum absolute atomic E-state index is 0.0368. The summed E-state index contributed by atoms with van der Waals surface area (Å²) in [6.45, 7) is 4.97. The molecule has 1 amide bonds. The molecule has 1 heterocycles. The van der Waals surface area contributed by atoms with Crippen LogP contribution in [0.2, 0.25) is 0 Å². The maximum atomic E-state index is 13.8. The van der Waals surface area contributed by atoms with E-state index in [2.05, 4.69) is 5.32 Å². The highest BCUT2D eigenvalue weighted by atomic mass is 19.1. The van der Waals surface area contributed by atoms with Gasteiger partial charge in [-0.15, -0.1) is 0 Å². The Morgan fingerprint density at radius 1 is 1.17 bits per heavy atom. The number of furan rings is 1. The third kappa shape index (κ3) is 4.62. The van der Waals surface area contributed by atoms with Crippen molar-refractivity contribution in [2.75, 3.05) is 6.61 Å². The Bertz CT molecular complexity index is 1070. The molecule has 3 aromatic rings. The van der Waals surface area contributed by atoms with Gasteiger partial charge in [-0.3, -0.25) is 9.59 Å². The second kappa shape index (κ2) is 8.43. The molecular formula is C22H21F2NO4. The highest BCUT2D eigenvalue weighted by Gasteiger charge is 2.17. The van der Waals surface area contributed by atoms with Gasteiger partial charge in [0.05, 0.1) is 18.7 Å². The molecule has 152 valence electrons. The number of hydrogen-bond acceptors (Lipinski definition) is 4. The molecule has 5 nitrogen and oxygen atoms in total. The van der Waals surface area contributed by atoms with Crippen LogP contribution in [0.5, 0.6) is 0 Å². The van der Waals surface area contributed by atoms with Crippen molar-refractivity contribution in [2.45, 2.75) is 33.2 Å². The fourth-order valence-electron chi connectivity index (χ4n) is 3.09. The highest BCUT2D eigenvalue weighted by Crippen LogP contribution is 2.27. The number of nitrogens with one attached hydrogen (secondary N) is 1. The number of carbonyl (C=O) groups excluding carboxylic acids is 2. The molecule has 0 saturated carbocycles. The summed E-state index contributed by atoms with van der Waals surface area (Å²) in [5.74, 6) is -2.62. The van der Waals surface area contributed by atoms with Gasteiger partial charge in [0.15, 0.2) is 6.61 Å². The molecule has 0 saturated heterocycles. The number of hydrogen-bond donors (Lipinski definition) is 1. The second-order valence-corrected chi connectivity index (χ2v) is 6.94. The minimum atomic E-state index is -0.757. The summed E-state index contributed by atoms with van der Waals surface area (Å²) in [6, 6.07) is 6.25. The van der Waals surface area contributed by atoms with Gasteiger partial charge < -0.3 is 14.5 Å². The van der Waals surface area contributed by atoms with E-state index in [4.69, 9.17) is 9.15 Å². The maximum Gasteiger partial charge on any atom is 0.310 e. The van der Waals surface area contributed by atoms with Crippen LogP contribution in [0.25, 0.3) is 11.0 Å². The number of esters is 1. The minimum Gasteiger partial charge on any atom is -0.464 e. The van der Waals surface area contributed by atoms with Crippen molar-refractivity contribution >= 4 is 22.8 Å². The molecular weight excluding hydrogens is 380 g/mol. The van der Waals surface area contributed by atoms with Crippen LogP contribution in [0.4, 0.5) is 8.78 Å². The van der Waals surface area contributed by atoms with E-state index in [1.165, 1.54) is 12.3 Å². The molecule has 29 heavy (non-hydrogen) atoms. The van der Waals surface area contributed by atoms with E-state index >= 15 is 0 Å². The van der Waals surface area contributed by atoms with Crippen LogP contribution in [-0.4, -0.2) is 18.5 Å². The molecule has 0 aliphatic carbocycles. The number of ether oxygens (including phenoxy) is 1. The third-order valence-corrected chi connectivity index (χ3v) is 4.85. The van der Waals surface area contributed by atoms with Gasteiger partial charge in [0.2, 0.25) is 0 Å². The fourth-order valence-corrected chi connectivity index (χ4v) is 3.09. The fraction of sp³-hybridized carbons (Fsp3) is 0.273. The average Bonchev–Trinajstić information content (AvgIpc) is 3.06. The number of benzene rings is 2. The predicted octanol–water partition coefficient (Wildman–Crippen LogP) is 4.29. The zero-order chi connectivity index (χ0) is 21.1. The Hall–Kier alpha value is -3.22. The number of fused-ring (bicyclic) bond motifs is 1. The molecule has 0 bridgehead atoms. The normalized spacial score (nSPS) is 12.0. The Labute approximate surface area is 166 Å². The average molecular weight is 401 g/mol. The first-order valence-electron chi connectivity index (χ1n) is 9.12. The number of amides is 1. The molecule has 0 unspecified atom stereocenters. The molecule has 0 fully saturated rings. The highest BCUT2D eigenvalue weighted by molar-refractivity contribution is 5.89. The topological polar surface area (TPSA) is 68.5 Å². The van der Waals surface area contributed by atoms with Gasteiger partial charge in [-0.25, -0.2) is 8.78 Å². The van der Waals surface area contributed by atoms with E-state index in [0.29, 0.717) is 5.56 Å². The van der Waals surface area contributed by atoms with Crippen molar-refractivity contribution in [3.05, 3.63) is 70.5 Å². The van der Waals surface area contributed by atoms with Gasteiger partial charge in [0.25, 0.3) is 5.91 Å². The number of aryl methyl sites for hydroxylation is 2. The van der Waals surface area contributed by atoms with Crippen LogP contribution in [0.1, 0.15) is 35.2 Å². The molecule has 0 spiro atoms. The van der Waals surface area contributed by atoms with Crippen molar-refractivity contribution in [1.29, 1.82) is 0 Å². The van der Waals surface area contributed by atoms with Crippen molar-refractivity contribution < 1.29 is 27.5 Å². The molecule has 0 aliphatic heterocycles. The van der Waals surface area contributed by atoms with Crippen LogP contribution >= 0.6 is 0 Å². The predicted molar refractivity (Wildman–Crippen MR) is 103 cm³/mol. The van der Waals surface area contributed by atoms with Crippen LogP contribution in [-0.2, 0) is 20.7 Å². The Morgan fingerprint density at radius 3 is 2.66 bits per heavy atom. The summed E-state index contributed by atoms with van der Waals surface area (Å²) in [4.78, 5) is 24.1. The van der Waals surface area contributed by atoms with E-state index < -0.39 is 36.2 Å². The summed E-state index contributed by atoms with van der Waals surface area (Å²) in [5.41, 5.74) is 3.63. The van der Waals surface area contributed by atoms with E-state index in [-0.39, 0.29) is 12.0 Å². The summed E-state index contributed by atoms with van der Waals surface area (Å²) in [6.07, 6.45) is 1.47. The maximum absolute atomic E-state index is 13.8. The quantitative estimate of drug-likeness (QED) is 0.626. The van der Waals surface area contributed by atoms with Gasteiger partial charge >= 0.3 is 5.97 Å². The Balaban J connectivity index is 1.55. The molecule has 0 radical (unpaired) electrons. The SMILES string of the molecule is Cc1ccc2c(CC(=O)OCC(=O)N[C@@H](C)c3ccc(F)cc3F)coc2c1C. The van der Waals surface area contributed by atoms with Crippen molar-refractivity contribution in [1.82, 2.24) is 5.32 Å². The monoisotopic (exact) mass is 401 g/mol. The van der Waals surface area contributed by atoms with E-state index in [9.17, 15) is 18.4 Å². The molecule has 1 N–H and O–H groups in total. The molecule has 7 heteroatoms. The van der Waals surface area contributed by atoms with E-state index in [0.717, 1.165) is 34.2 Å². The van der Waals surface area contributed by atoms with Crippen LogP contribution in [0.15, 0.2) is 41.0 Å². The lowest BCUT2D eigenvalue weighted by atomic mass is 10.0. The zero-order valence-corrected chi connectivity index (χ0v) is 16.3. The first-order valence-corrected chi connectivity index (χ1v) is 9.12.